The van der Waals surface area contributed by atoms with Gasteiger partial charge < -0.3 is 0 Å². The van der Waals surface area contributed by atoms with Crippen molar-refractivity contribution < 1.29 is 8.42 Å². The van der Waals surface area contributed by atoms with Crippen molar-refractivity contribution in [2.45, 2.75) is 4.90 Å². The molecule has 2 aromatic rings. The third-order valence-corrected chi connectivity index (χ3v) is 5.19. The monoisotopic (exact) mass is 359 g/mol. The summed E-state index contributed by atoms with van der Waals surface area (Å²) in [6.07, 6.45) is 0. The zero-order chi connectivity index (χ0) is 14.0. The lowest BCUT2D eigenvalue weighted by Crippen LogP contribution is -2.26. The summed E-state index contributed by atoms with van der Waals surface area (Å²) >= 11 is 9.09. The molecule has 3 nitrogen and oxygen atoms in total. The van der Waals surface area contributed by atoms with Crippen LogP contribution in [0.25, 0.3) is 0 Å². The first-order chi connectivity index (χ1) is 8.91. The first kappa shape index (κ1) is 14.4. The fourth-order valence-electron chi connectivity index (χ4n) is 1.58. The minimum atomic E-state index is -3.57. The fraction of sp³-hybridized carbons (Fsp3) is 0.0769. The molecule has 0 spiro atoms. The Bertz CT molecular complexity index is 686. The van der Waals surface area contributed by atoms with Crippen LogP contribution in [0.4, 0.5) is 5.69 Å². The van der Waals surface area contributed by atoms with Crippen molar-refractivity contribution in [1.82, 2.24) is 0 Å². The van der Waals surface area contributed by atoms with Crippen molar-refractivity contribution in [2.24, 2.45) is 0 Å². The van der Waals surface area contributed by atoms with E-state index in [0.717, 1.165) is 4.47 Å². The van der Waals surface area contributed by atoms with Crippen LogP contribution in [-0.4, -0.2) is 15.5 Å². The number of sulfonamides is 1. The van der Waals surface area contributed by atoms with Gasteiger partial charge in [0, 0.05) is 16.5 Å². The van der Waals surface area contributed by atoms with Crippen molar-refractivity contribution in [3.63, 3.8) is 0 Å². The molecule has 0 aliphatic carbocycles. The standard InChI is InChI=1S/C13H11BrClNO2S/c1-16(12-4-2-3-10(14)9-12)19(17,18)13-7-5-11(15)6-8-13/h2-9H,1H3. The van der Waals surface area contributed by atoms with Gasteiger partial charge in [0.25, 0.3) is 10.0 Å². The van der Waals surface area contributed by atoms with Gasteiger partial charge in [0.2, 0.25) is 0 Å². The first-order valence-electron chi connectivity index (χ1n) is 5.41. The number of hydrogen-bond donors (Lipinski definition) is 0. The fourth-order valence-corrected chi connectivity index (χ4v) is 3.28. The molecule has 0 aliphatic heterocycles. The van der Waals surface area contributed by atoms with E-state index in [4.69, 9.17) is 11.6 Å². The molecule has 0 radical (unpaired) electrons. The lowest BCUT2D eigenvalue weighted by Gasteiger charge is -2.19. The van der Waals surface area contributed by atoms with Crippen molar-refractivity contribution in [1.29, 1.82) is 0 Å². The molecule has 0 saturated carbocycles. The van der Waals surface area contributed by atoms with E-state index in [9.17, 15) is 8.42 Å². The molecule has 0 aliphatic rings. The molecule has 2 aromatic carbocycles. The number of rotatable bonds is 3. The van der Waals surface area contributed by atoms with E-state index in [2.05, 4.69) is 15.9 Å². The minimum absolute atomic E-state index is 0.208. The van der Waals surface area contributed by atoms with Gasteiger partial charge in [-0.2, -0.15) is 0 Å². The van der Waals surface area contributed by atoms with Crippen molar-refractivity contribution in [3.8, 4) is 0 Å². The average Bonchev–Trinajstić information content (AvgIpc) is 2.38. The first-order valence-corrected chi connectivity index (χ1v) is 8.02. The average molecular weight is 361 g/mol. The zero-order valence-corrected chi connectivity index (χ0v) is 13.2. The van der Waals surface area contributed by atoms with Gasteiger partial charge in [0.05, 0.1) is 10.6 Å². The summed E-state index contributed by atoms with van der Waals surface area (Å²) in [6.45, 7) is 0. The van der Waals surface area contributed by atoms with Crippen molar-refractivity contribution in [2.75, 3.05) is 11.4 Å². The van der Waals surface area contributed by atoms with Crippen LogP contribution < -0.4 is 4.31 Å². The van der Waals surface area contributed by atoms with E-state index >= 15 is 0 Å². The predicted octanol–water partition coefficient (Wildman–Crippen LogP) is 3.93. The Morgan fingerprint density at radius 1 is 1.11 bits per heavy atom. The van der Waals surface area contributed by atoms with Gasteiger partial charge in [-0.1, -0.05) is 33.6 Å². The van der Waals surface area contributed by atoms with Gasteiger partial charge in [-0.25, -0.2) is 8.42 Å². The van der Waals surface area contributed by atoms with Crippen LogP contribution in [0.15, 0.2) is 57.9 Å². The lowest BCUT2D eigenvalue weighted by molar-refractivity contribution is 0.594. The molecule has 0 aromatic heterocycles. The molecule has 0 unspecified atom stereocenters. The molecule has 2 rings (SSSR count). The van der Waals surface area contributed by atoms with E-state index in [-0.39, 0.29) is 4.90 Å². The molecular weight excluding hydrogens is 350 g/mol. The summed E-state index contributed by atoms with van der Waals surface area (Å²) in [4.78, 5) is 0.208. The lowest BCUT2D eigenvalue weighted by atomic mass is 10.3. The second kappa shape index (κ2) is 5.53. The number of hydrogen-bond acceptors (Lipinski definition) is 2. The number of benzene rings is 2. The molecule has 19 heavy (non-hydrogen) atoms. The molecule has 0 heterocycles. The minimum Gasteiger partial charge on any atom is -0.269 e. The van der Waals surface area contributed by atoms with E-state index in [1.54, 1.807) is 30.3 Å². The maximum Gasteiger partial charge on any atom is 0.264 e. The molecule has 0 atom stereocenters. The zero-order valence-electron chi connectivity index (χ0n) is 10.0. The van der Waals surface area contributed by atoms with Crippen LogP contribution in [0.2, 0.25) is 5.02 Å². The van der Waals surface area contributed by atoms with Crippen molar-refractivity contribution in [3.05, 3.63) is 58.0 Å². The summed E-state index contributed by atoms with van der Waals surface area (Å²) in [7, 11) is -2.05. The summed E-state index contributed by atoms with van der Waals surface area (Å²) in [5, 5.41) is 0.504. The Kier molecular flexibility index (Phi) is 4.18. The van der Waals surface area contributed by atoms with Gasteiger partial charge >= 0.3 is 0 Å². The third kappa shape index (κ3) is 3.11. The molecular formula is C13H11BrClNO2S. The second-order valence-electron chi connectivity index (χ2n) is 3.91. The van der Waals surface area contributed by atoms with Crippen LogP contribution >= 0.6 is 27.5 Å². The highest BCUT2D eigenvalue weighted by Crippen LogP contribution is 2.25. The maximum atomic E-state index is 12.4. The van der Waals surface area contributed by atoms with Gasteiger partial charge in [-0.15, -0.1) is 0 Å². The Morgan fingerprint density at radius 3 is 2.32 bits per heavy atom. The molecule has 0 fully saturated rings. The van der Waals surface area contributed by atoms with E-state index in [1.807, 2.05) is 6.07 Å². The van der Waals surface area contributed by atoms with Gasteiger partial charge in [-0.3, -0.25) is 4.31 Å². The quantitative estimate of drug-likeness (QED) is 0.832. The van der Waals surface area contributed by atoms with E-state index < -0.39 is 10.0 Å². The summed E-state index contributed by atoms with van der Waals surface area (Å²) in [6, 6.07) is 13.2. The highest BCUT2D eigenvalue weighted by atomic mass is 79.9. The Morgan fingerprint density at radius 2 is 1.74 bits per heavy atom. The predicted molar refractivity (Wildman–Crippen MR) is 81.2 cm³/mol. The Hall–Kier alpha value is -1.04. The largest absolute Gasteiger partial charge is 0.269 e. The smallest absolute Gasteiger partial charge is 0.264 e. The maximum absolute atomic E-state index is 12.4. The van der Waals surface area contributed by atoms with Crippen LogP contribution in [-0.2, 0) is 10.0 Å². The Labute approximate surface area is 126 Å². The molecule has 100 valence electrons. The molecule has 0 bridgehead atoms. The number of nitrogens with zero attached hydrogens (tertiary/aromatic N) is 1. The van der Waals surface area contributed by atoms with Gasteiger partial charge in [0.1, 0.15) is 0 Å². The van der Waals surface area contributed by atoms with E-state index in [0.29, 0.717) is 10.7 Å². The normalized spacial score (nSPS) is 11.3. The van der Waals surface area contributed by atoms with Gasteiger partial charge in [0.15, 0.2) is 0 Å². The van der Waals surface area contributed by atoms with Crippen molar-refractivity contribution >= 4 is 43.2 Å². The van der Waals surface area contributed by atoms with Crippen LogP contribution in [0.3, 0.4) is 0 Å². The third-order valence-electron chi connectivity index (χ3n) is 2.64. The van der Waals surface area contributed by atoms with Gasteiger partial charge in [-0.05, 0) is 42.5 Å². The molecule has 6 heteroatoms. The molecule has 0 amide bonds. The number of anilines is 1. The highest BCUT2D eigenvalue weighted by Gasteiger charge is 2.21. The molecule has 0 N–H and O–H groups in total. The molecule has 0 saturated heterocycles. The van der Waals surface area contributed by atoms with Crippen LogP contribution in [0, 0.1) is 0 Å². The summed E-state index contributed by atoms with van der Waals surface area (Å²) in [5.41, 5.74) is 0.587. The van der Waals surface area contributed by atoms with Crippen LogP contribution in [0.1, 0.15) is 0 Å². The summed E-state index contributed by atoms with van der Waals surface area (Å²) < 4.78 is 26.9. The second-order valence-corrected chi connectivity index (χ2v) is 7.23. The number of halogens is 2. The van der Waals surface area contributed by atoms with E-state index in [1.165, 1.54) is 23.5 Å². The topological polar surface area (TPSA) is 37.4 Å². The SMILES string of the molecule is CN(c1cccc(Br)c1)S(=O)(=O)c1ccc(Cl)cc1. The highest BCUT2D eigenvalue weighted by molar-refractivity contribution is 9.10. The Balaban J connectivity index is 2.42. The summed E-state index contributed by atoms with van der Waals surface area (Å²) in [5.74, 6) is 0. The van der Waals surface area contributed by atoms with Crippen LogP contribution in [0.5, 0.6) is 0 Å².